The fourth-order valence-electron chi connectivity index (χ4n) is 2.98. The molecule has 0 spiro atoms. The zero-order valence-corrected chi connectivity index (χ0v) is 12.9. The molecule has 0 saturated carbocycles. The van der Waals surface area contributed by atoms with Crippen molar-refractivity contribution in [2.45, 2.75) is 57.2 Å². The van der Waals surface area contributed by atoms with E-state index in [9.17, 15) is 4.79 Å². The number of amides is 2. The maximum Gasteiger partial charge on any atom is 0.317 e. The van der Waals surface area contributed by atoms with Gasteiger partial charge in [-0.3, -0.25) is 0 Å². The number of carbonyl (C=O) groups excluding carboxylic acids is 1. The van der Waals surface area contributed by atoms with Crippen LogP contribution < -0.4 is 5.32 Å². The van der Waals surface area contributed by atoms with Gasteiger partial charge < -0.3 is 24.8 Å². The standard InChI is InChI=1S/C15H28N2O4/c1-12(10-21-14-6-9-20-11-14)16-15(19)17-7-3-2-4-13(17)5-8-18/h12-14,18H,2-11H2,1H3,(H,16,19). The van der Waals surface area contributed by atoms with Gasteiger partial charge in [-0.1, -0.05) is 0 Å². The van der Waals surface area contributed by atoms with Crippen LogP contribution in [0.1, 0.15) is 39.0 Å². The predicted octanol–water partition coefficient (Wildman–Crippen LogP) is 1.13. The van der Waals surface area contributed by atoms with Crippen LogP contribution in [0.3, 0.4) is 0 Å². The Morgan fingerprint density at radius 1 is 1.48 bits per heavy atom. The molecule has 122 valence electrons. The van der Waals surface area contributed by atoms with E-state index < -0.39 is 0 Å². The van der Waals surface area contributed by atoms with Crippen molar-refractivity contribution in [2.75, 3.05) is 33.0 Å². The Kier molecular flexibility index (Phi) is 6.73. The van der Waals surface area contributed by atoms with Crippen molar-refractivity contribution in [2.24, 2.45) is 0 Å². The minimum absolute atomic E-state index is 0.0187. The molecule has 0 radical (unpaired) electrons. The molecule has 2 N–H and O–H groups in total. The van der Waals surface area contributed by atoms with Gasteiger partial charge in [0.15, 0.2) is 0 Å². The maximum absolute atomic E-state index is 12.3. The lowest BCUT2D eigenvalue weighted by atomic mass is 10.00. The fourth-order valence-corrected chi connectivity index (χ4v) is 2.98. The third-order valence-electron chi connectivity index (χ3n) is 4.19. The normalized spacial score (nSPS) is 27.6. The Morgan fingerprint density at radius 2 is 2.33 bits per heavy atom. The molecular formula is C15H28N2O4. The molecule has 2 saturated heterocycles. The second-order valence-corrected chi connectivity index (χ2v) is 6.02. The van der Waals surface area contributed by atoms with E-state index in [0.29, 0.717) is 19.6 Å². The van der Waals surface area contributed by atoms with Crippen LogP contribution in [-0.4, -0.2) is 67.2 Å². The lowest BCUT2D eigenvalue weighted by Gasteiger charge is -2.36. The fraction of sp³-hybridized carbons (Fsp3) is 0.933. The van der Waals surface area contributed by atoms with Crippen molar-refractivity contribution in [1.82, 2.24) is 10.2 Å². The van der Waals surface area contributed by atoms with E-state index in [1.807, 2.05) is 11.8 Å². The second-order valence-electron chi connectivity index (χ2n) is 6.02. The Labute approximate surface area is 126 Å². The van der Waals surface area contributed by atoms with Crippen molar-refractivity contribution >= 4 is 6.03 Å². The van der Waals surface area contributed by atoms with Gasteiger partial charge >= 0.3 is 6.03 Å². The van der Waals surface area contributed by atoms with Crippen molar-refractivity contribution in [3.63, 3.8) is 0 Å². The molecule has 2 amide bonds. The molecule has 6 nitrogen and oxygen atoms in total. The van der Waals surface area contributed by atoms with Gasteiger partial charge in [-0.2, -0.15) is 0 Å². The summed E-state index contributed by atoms with van der Waals surface area (Å²) in [6.07, 6.45) is 4.93. The van der Waals surface area contributed by atoms with Crippen LogP contribution in [0, 0.1) is 0 Å². The van der Waals surface area contributed by atoms with Gasteiger partial charge in [0.25, 0.3) is 0 Å². The third kappa shape index (κ3) is 5.13. The van der Waals surface area contributed by atoms with Gasteiger partial charge in [-0.05, 0) is 39.0 Å². The van der Waals surface area contributed by atoms with Crippen molar-refractivity contribution < 1.29 is 19.4 Å². The van der Waals surface area contributed by atoms with Gasteiger partial charge in [0.05, 0.1) is 25.4 Å². The minimum Gasteiger partial charge on any atom is -0.396 e. The minimum atomic E-state index is -0.0353. The summed E-state index contributed by atoms with van der Waals surface area (Å²) < 4.78 is 11.0. The number of rotatable bonds is 6. The summed E-state index contributed by atoms with van der Waals surface area (Å²) >= 11 is 0. The number of piperidine rings is 1. The Bertz CT molecular complexity index is 319. The molecule has 21 heavy (non-hydrogen) atoms. The van der Waals surface area contributed by atoms with Gasteiger partial charge in [-0.25, -0.2) is 4.79 Å². The quantitative estimate of drug-likeness (QED) is 0.771. The zero-order valence-electron chi connectivity index (χ0n) is 12.9. The lowest BCUT2D eigenvalue weighted by Crippen LogP contribution is -2.51. The molecule has 6 heteroatoms. The molecule has 0 aliphatic carbocycles. The largest absolute Gasteiger partial charge is 0.396 e. The summed E-state index contributed by atoms with van der Waals surface area (Å²) in [4.78, 5) is 14.2. The highest BCUT2D eigenvalue weighted by Crippen LogP contribution is 2.19. The Balaban J connectivity index is 1.73. The number of likely N-dealkylation sites (tertiary alicyclic amines) is 1. The van der Waals surface area contributed by atoms with Gasteiger partial charge in [0.1, 0.15) is 0 Å². The van der Waals surface area contributed by atoms with E-state index in [1.165, 1.54) is 0 Å². The number of aliphatic hydroxyl groups is 1. The number of hydrogen-bond acceptors (Lipinski definition) is 4. The average Bonchev–Trinajstić information content (AvgIpc) is 2.99. The summed E-state index contributed by atoms with van der Waals surface area (Å²) in [5.41, 5.74) is 0. The molecule has 2 heterocycles. The van der Waals surface area contributed by atoms with Gasteiger partial charge in [0, 0.05) is 25.8 Å². The molecule has 2 fully saturated rings. The zero-order chi connectivity index (χ0) is 15.1. The van der Waals surface area contributed by atoms with E-state index in [-0.39, 0.29) is 30.8 Å². The highest BCUT2D eigenvalue weighted by Gasteiger charge is 2.27. The van der Waals surface area contributed by atoms with Crippen LogP contribution in [0.4, 0.5) is 4.79 Å². The number of nitrogens with zero attached hydrogens (tertiary/aromatic N) is 1. The number of carbonyl (C=O) groups is 1. The molecule has 0 bridgehead atoms. The first-order valence-electron chi connectivity index (χ1n) is 8.08. The van der Waals surface area contributed by atoms with E-state index in [0.717, 1.165) is 38.8 Å². The average molecular weight is 300 g/mol. The number of ether oxygens (including phenoxy) is 2. The molecule has 0 aromatic carbocycles. The first-order chi connectivity index (χ1) is 10.2. The van der Waals surface area contributed by atoms with Gasteiger partial charge in [-0.15, -0.1) is 0 Å². The number of aliphatic hydroxyl groups excluding tert-OH is 1. The van der Waals surface area contributed by atoms with Crippen molar-refractivity contribution in [1.29, 1.82) is 0 Å². The summed E-state index contributed by atoms with van der Waals surface area (Å²) in [6, 6.07) is 0.113. The SMILES string of the molecule is CC(COC1CCOC1)NC(=O)N1CCCCC1CCO. The van der Waals surface area contributed by atoms with E-state index in [2.05, 4.69) is 5.32 Å². The lowest BCUT2D eigenvalue weighted by molar-refractivity contribution is 0.0322. The molecule has 3 unspecified atom stereocenters. The molecule has 2 aliphatic rings. The van der Waals surface area contributed by atoms with E-state index in [4.69, 9.17) is 14.6 Å². The van der Waals surface area contributed by atoms with E-state index >= 15 is 0 Å². The van der Waals surface area contributed by atoms with E-state index in [1.54, 1.807) is 0 Å². The number of urea groups is 1. The molecule has 0 aromatic heterocycles. The Morgan fingerprint density at radius 3 is 3.05 bits per heavy atom. The highest BCUT2D eigenvalue weighted by atomic mass is 16.5. The van der Waals surface area contributed by atoms with Crippen molar-refractivity contribution in [3.8, 4) is 0 Å². The third-order valence-corrected chi connectivity index (χ3v) is 4.19. The van der Waals surface area contributed by atoms with Crippen LogP contribution >= 0.6 is 0 Å². The monoisotopic (exact) mass is 300 g/mol. The smallest absolute Gasteiger partial charge is 0.317 e. The first kappa shape index (κ1) is 16.5. The van der Waals surface area contributed by atoms with Crippen LogP contribution in [-0.2, 0) is 9.47 Å². The first-order valence-corrected chi connectivity index (χ1v) is 8.08. The topological polar surface area (TPSA) is 71.0 Å². The van der Waals surface area contributed by atoms with Crippen LogP contribution in [0.2, 0.25) is 0 Å². The highest BCUT2D eigenvalue weighted by molar-refractivity contribution is 5.75. The summed E-state index contributed by atoms with van der Waals surface area (Å²) in [5, 5.41) is 12.1. The Hall–Kier alpha value is -0.850. The summed E-state index contributed by atoms with van der Waals surface area (Å²) in [6.45, 7) is 4.81. The molecule has 2 rings (SSSR count). The second kappa shape index (κ2) is 8.56. The van der Waals surface area contributed by atoms with Crippen LogP contribution in [0.15, 0.2) is 0 Å². The molecular weight excluding hydrogens is 272 g/mol. The molecule has 0 aromatic rings. The van der Waals surface area contributed by atoms with Gasteiger partial charge in [0.2, 0.25) is 0 Å². The van der Waals surface area contributed by atoms with Crippen LogP contribution in [0.5, 0.6) is 0 Å². The molecule has 2 aliphatic heterocycles. The van der Waals surface area contributed by atoms with Crippen molar-refractivity contribution in [3.05, 3.63) is 0 Å². The van der Waals surface area contributed by atoms with Crippen LogP contribution in [0.25, 0.3) is 0 Å². The predicted molar refractivity (Wildman–Crippen MR) is 79.2 cm³/mol. The number of hydrogen-bond donors (Lipinski definition) is 2. The maximum atomic E-state index is 12.3. The summed E-state index contributed by atoms with van der Waals surface area (Å²) in [5.74, 6) is 0. The summed E-state index contributed by atoms with van der Waals surface area (Å²) in [7, 11) is 0. The number of nitrogens with one attached hydrogen (secondary N) is 1. The molecule has 3 atom stereocenters.